The molecule has 0 aliphatic carbocycles. The number of halogens is 1. The minimum Gasteiger partial charge on any atom is -0.334 e. The molecule has 5 nitrogen and oxygen atoms in total. The van der Waals surface area contributed by atoms with Crippen molar-refractivity contribution in [1.29, 1.82) is 0 Å². The molecule has 0 bridgehead atoms. The van der Waals surface area contributed by atoms with E-state index in [0.717, 1.165) is 23.7 Å². The summed E-state index contributed by atoms with van der Waals surface area (Å²) in [5.41, 5.74) is 3.20. The molecule has 0 saturated carbocycles. The molecule has 0 saturated heterocycles. The average Bonchev–Trinajstić information content (AvgIpc) is 2.73. The standard InChI is InChI=1S/C23H28BrN3O2/c1-3-4-14-26(23(29)25-21-12-8-7-11-20(21)24)16-22(28)27-15-13-18-9-5-6-10-19(18)17(27)2/h5-12,17H,3-4,13-16H2,1-2H3,(H,25,29). The van der Waals surface area contributed by atoms with Crippen molar-refractivity contribution in [3.63, 3.8) is 0 Å². The number of unbranched alkanes of at least 4 members (excludes halogenated alkanes) is 1. The molecule has 0 aromatic heterocycles. The van der Waals surface area contributed by atoms with Crippen LogP contribution in [0.4, 0.5) is 10.5 Å². The van der Waals surface area contributed by atoms with Crippen LogP contribution in [0.5, 0.6) is 0 Å². The molecule has 2 aromatic carbocycles. The van der Waals surface area contributed by atoms with Gasteiger partial charge in [-0.15, -0.1) is 0 Å². The van der Waals surface area contributed by atoms with Gasteiger partial charge in [-0.2, -0.15) is 0 Å². The Balaban J connectivity index is 1.70. The highest BCUT2D eigenvalue weighted by atomic mass is 79.9. The highest BCUT2D eigenvalue weighted by molar-refractivity contribution is 9.10. The molecule has 1 heterocycles. The van der Waals surface area contributed by atoms with Crippen molar-refractivity contribution in [2.45, 2.75) is 39.2 Å². The van der Waals surface area contributed by atoms with E-state index in [1.807, 2.05) is 41.3 Å². The van der Waals surface area contributed by atoms with E-state index in [4.69, 9.17) is 0 Å². The Morgan fingerprint density at radius 2 is 1.90 bits per heavy atom. The molecule has 1 unspecified atom stereocenters. The zero-order chi connectivity index (χ0) is 20.8. The highest BCUT2D eigenvalue weighted by Crippen LogP contribution is 2.29. The fourth-order valence-corrected chi connectivity index (χ4v) is 4.11. The van der Waals surface area contributed by atoms with Crippen LogP contribution < -0.4 is 5.32 Å². The van der Waals surface area contributed by atoms with Crippen molar-refractivity contribution >= 4 is 33.6 Å². The van der Waals surface area contributed by atoms with Crippen molar-refractivity contribution in [3.8, 4) is 0 Å². The Kier molecular flexibility index (Phi) is 7.31. The number of fused-ring (bicyclic) bond motifs is 1. The molecule has 1 atom stereocenters. The van der Waals surface area contributed by atoms with Crippen LogP contribution in [-0.2, 0) is 11.2 Å². The van der Waals surface area contributed by atoms with Gasteiger partial charge in [-0.3, -0.25) is 4.79 Å². The van der Waals surface area contributed by atoms with Crippen LogP contribution in [-0.4, -0.2) is 41.4 Å². The topological polar surface area (TPSA) is 52.7 Å². The van der Waals surface area contributed by atoms with Gasteiger partial charge in [0.25, 0.3) is 0 Å². The number of urea groups is 1. The molecular formula is C23H28BrN3O2. The summed E-state index contributed by atoms with van der Waals surface area (Å²) >= 11 is 3.45. The van der Waals surface area contributed by atoms with Crippen molar-refractivity contribution < 1.29 is 9.59 Å². The largest absolute Gasteiger partial charge is 0.334 e. The molecule has 3 rings (SSSR count). The van der Waals surface area contributed by atoms with Gasteiger partial charge < -0.3 is 15.1 Å². The van der Waals surface area contributed by atoms with E-state index >= 15 is 0 Å². The third kappa shape index (κ3) is 5.18. The first-order valence-electron chi connectivity index (χ1n) is 10.2. The quantitative estimate of drug-likeness (QED) is 0.645. The molecule has 0 spiro atoms. The monoisotopic (exact) mass is 457 g/mol. The van der Waals surface area contributed by atoms with Crippen LogP contribution in [0.1, 0.15) is 43.9 Å². The molecule has 1 aliphatic rings. The maximum atomic E-state index is 13.1. The van der Waals surface area contributed by atoms with Crippen molar-refractivity contribution in [2.24, 2.45) is 0 Å². The maximum Gasteiger partial charge on any atom is 0.322 e. The molecule has 2 aromatic rings. The first kappa shape index (κ1) is 21.4. The van der Waals surface area contributed by atoms with Gasteiger partial charge in [0.05, 0.1) is 11.7 Å². The molecular weight excluding hydrogens is 430 g/mol. The summed E-state index contributed by atoms with van der Waals surface area (Å²) in [6, 6.07) is 15.5. The van der Waals surface area contributed by atoms with E-state index in [2.05, 4.69) is 47.2 Å². The summed E-state index contributed by atoms with van der Waals surface area (Å²) in [6.07, 6.45) is 2.67. The molecule has 0 fully saturated rings. The zero-order valence-corrected chi connectivity index (χ0v) is 18.6. The predicted octanol–water partition coefficient (Wildman–Crippen LogP) is 5.23. The lowest BCUT2D eigenvalue weighted by molar-refractivity contribution is -0.134. The summed E-state index contributed by atoms with van der Waals surface area (Å²) in [7, 11) is 0. The number of hydrogen-bond acceptors (Lipinski definition) is 2. The minimum atomic E-state index is -0.247. The summed E-state index contributed by atoms with van der Waals surface area (Å²) in [6.45, 7) is 5.47. The molecule has 6 heteroatoms. The second-order valence-corrected chi connectivity index (χ2v) is 8.25. The van der Waals surface area contributed by atoms with Crippen LogP contribution in [0.3, 0.4) is 0 Å². The highest BCUT2D eigenvalue weighted by Gasteiger charge is 2.29. The normalized spacial score (nSPS) is 15.6. The van der Waals surface area contributed by atoms with E-state index in [1.165, 1.54) is 11.1 Å². The first-order valence-corrected chi connectivity index (χ1v) is 11.0. The van der Waals surface area contributed by atoms with Gasteiger partial charge in [0.1, 0.15) is 6.54 Å². The molecule has 3 amide bonds. The number of nitrogens with one attached hydrogen (secondary N) is 1. The number of rotatable bonds is 6. The number of hydrogen-bond donors (Lipinski definition) is 1. The van der Waals surface area contributed by atoms with Crippen molar-refractivity contribution in [2.75, 3.05) is 25.0 Å². The zero-order valence-electron chi connectivity index (χ0n) is 17.0. The fraction of sp³-hybridized carbons (Fsp3) is 0.391. The van der Waals surface area contributed by atoms with Crippen molar-refractivity contribution in [1.82, 2.24) is 9.80 Å². The van der Waals surface area contributed by atoms with Gasteiger partial charge in [-0.25, -0.2) is 4.79 Å². The number of benzene rings is 2. The summed E-state index contributed by atoms with van der Waals surface area (Å²) in [5.74, 6) is -0.00890. The predicted molar refractivity (Wildman–Crippen MR) is 120 cm³/mol. The van der Waals surface area contributed by atoms with E-state index in [1.54, 1.807) is 4.90 Å². The number of nitrogens with zero attached hydrogens (tertiary/aromatic N) is 2. The second kappa shape index (κ2) is 9.92. The van der Waals surface area contributed by atoms with Gasteiger partial charge in [-0.1, -0.05) is 49.7 Å². The second-order valence-electron chi connectivity index (χ2n) is 7.40. The minimum absolute atomic E-state index is 0.00890. The molecule has 154 valence electrons. The van der Waals surface area contributed by atoms with Crippen LogP contribution in [0, 0.1) is 0 Å². The molecule has 1 N–H and O–H groups in total. The molecule has 0 radical (unpaired) electrons. The number of carbonyl (C=O) groups is 2. The van der Waals surface area contributed by atoms with Gasteiger partial charge in [0.15, 0.2) is 0 Å². The lowest BCUT2D eigenvalue weighted by atomic mass is 9.93. The lowest BCUT2D eigenvalue weighted by Gasteiger charge is -2.36. The van der Waals surface area contributed by atoms with Crippen LogP contribution in [0.2, 0.25) is 0 Å². The molecule has 1 aliphatic heterocycles. The maximum absolute atomic E-state index is 13.1. The third-order valence-electron chi connectivity index (χ3n) is 5.43. The Morgan fingerprint density at radius 3 is 2.66 bits per heavy atom. The number of anilines is 1. The summed E-state index contributed by atoms with van der Waals surface area (Å²) in [4.78, 5) is 29.5. The number of para-hydroxylation sites is 1. The smallest absolute Gasteiger partial charge is 0.322 e. The van der Waals surface area contributed by atoms with Crippen molar-refractivity contribution in [3.05, 3.63) is 64.1 Å². The van der Waals surface area contributed by atoms with Crippen LogP contribution in [0.25, 0.3) is 0 Å². The third-order valence-corrected chi connectivity index (χ3v) is 6.12. The number of carbonyl (C=O) groups excluding carboxylic acids is 2. The van der Waals surface area contributed by atoms with Gasteiger partial charge in [-0.05, 0) is 59.0 Å². The Hall–Kier alpha value is -2.34. The van der Waals surface area contributed by atoms with E-state index in [0.29, 0.717) is 18.8 Å². The van der Waals surface area contributed by atoms with E-state index < -0.39 is 0 Å². The average molecular weight is 458 g/mol. The SMILES string of the molecule is CCCCN(CC(=O)N1CCc2ccccc2C1C)C(=O)Nc1ccccc1Br. The summed E-state index contributed by atoms with van der Waals surface area (Å²) < 4.78 is 0.816. The lowest BCUT2D eigenvalue weighted by Crippen LogP contribution is -2.47. The Morgan fingerprint density at radius 1 is 1.17 bits per heavy atom. The van der Waals surface area contributed by atoms with Crippen LogP contribution in [0.15, 0.2) is 53.0 Å². The first-order chi connectivity index (χ1) is 14.0. The fourth-order valence-electron chi connectivity index (χ4n) is 3.72. The van der Waals surface area contributed by atoms with Crippen LogP contribution >= 0.6 is 15.9 Å². The van der Waals surface area contributed by atoms with E-state index in [9.17, 15) is 9.59 Å². The van der Waals surface area contributed by atoms with Gasteiger partial charge in [0, 0.05) is 17.6 Å². The van der Waals surface area contributed by atoms with Gasteiger partial charge >= 0.3 is 6.03 Å². The summed E-state index contributed by atoms with van der Waals surface area (Å²) in [5, 5.41) is 2.92. The molecule has 29 heavy (non-hydrogen) atoms. The van der Waals surface area contributed by atoms with Gasteiger partial charge in [0.2, 0.25) is 5.91 Å². The Labute approximate surface area is 181 Å². The van der Waals surface area contributed by atoms with E-state index in [-0.39, 0.29) is 24.5 Å². The number of amides is 3. The Bertz CT molecular complexity index is 871.